The maximum absolute atomic E-state index is 12.7. The van der Waals surface area contributed by atoms with Crippen molar-refractivity contribution in [2.24, 2.45) is 0 Å². The van der Waals surface area contributed by atoms with Crippen molar-refractivity contribution >= 4 is 22.8 Å². The van der Waals surface area contributed by atoms with Crippen LogP contribution in [-0.2, 0) is 11.2 Å². The average molecular weight is 350 g/mol. The van der Waals surface area contributed by atoms with Crippen molar-refractivity contribution in [2.45, 2.75) is 12.5 Å². The van der Waals surface area contributed by atoms with Crippen LogP contribution >= 0.6 is 0 Å². The molecular weight excluding hydrogens is 332 g/mol. The zero-order valence-corrected chi connectivity index (χ0v) is 14.2. The third-order valence-corrected chi connectivity index (χ3v) is 4.11. The van der Waals surface area contributed by atoms with E-state index in [0.717, 1.165) is 0 Å². The van der Waals surface area contributed by atoms with Crippen molar-refractivity contribution in [2.75, 3.05) is 7.11 Å². The van der Waals surface area contributed by atoms with Gasteiger partial charge in [0.25, 0.3) is 5.91 Å². The molecule has 0 saturated heterocycles. The monoisotopic (exact) mass is 350 g/mol. The summed E-state index contributed by atoms with van der Waals surface area (Å²) >= 11 is 0. The molecule has 0 unspecified atom stereocenters. The second kappa shape index (κ2) is 7.65. The Labute approximate surface area is 150 Å². The van der Waals surface area contributed by atoms with E-state index in [1.165, 1.54) is 13.3 Å². The molecule has 3 aromatic rings. The molecule has 0 bridgehead atoms. The molecule has 0 radical (unpaired) electrons. The third kappa shape index (κ3) is 3.64. The number of ether oxygens (including phenoxy) is 1. The summed E-state index contributed by atoms with van der Waals surface area (Å²) < 4.78 is 5.26. The fourth-order valence-electron chi connectivity index (χ4n) is 2.82. The van der Waals surface area contributed by atoms with Crippen molar-refractivity contribution in [1.29, 1.82) is 0 Å². The molecule has 1 heterocycles. The molecule has 0 aliphatic carbocycles. The van der Waals surface area contributed by atoms with E-state index in [4.69, 9.17) is 4.74 Å². The number of carboxylic acid groups (broad SMARTS) is 1. The highest BCUT2D eigenvalue weighted by atomic mass is 16.5. The number of hydrogen-bond acceptors (Lipinski definition) is 4. The van der Waals surface area contributed by atoms with Crippen molar-refractivity contribution in [1.82, 2.24) is 10.3 Å². The molecule has 1 atom stereocenters. The zero-order valence-electron chi connectivity index (χ0n) is 14.2. The average Bonchev–Trinajstić information content (AvgIpc) is 2.67. The number of carboxylic acids is 1. The molecular formula is C20H18N2O4. The number of amides is 1. The van der Waals surface area contributed by atoms with E-state index in [1.807, 2.05) is 12.1 Å². The lowest BCUT2D eigenvalue weighted by atomic mass is 10.0. The van der Waals surface area contributed by atoms with Crippen LogP contribution < -0.4 is 10.1 Å². The van der Waals surface area contributed by atoms with E-state index in [0.29, 0.717) is 27.8 Å². The predicted octanol–water partition coefficient (Wildman–Crippen LogP) is 2.67. The van der Waals surface area contributed by atoms with Crippen molar-refractivity contribution in [3.8, 4) is 5.75 Å². The first-order valence-corrected chi connectivity index (χ1v) is 8.09. The fraction of sp³-hybridized carbons (Fsp3) is 0.150. The number of nitrogens with one attached hydrogen (secondary N) is 1. The van der Waals surface area contributed by atoms with Gasteiger partial charge in [-0.15, -0.1) is 0 Å². The smallest absolute Gasteiger partial charge is 0.326 e. The van der Waals surface area contributed by atoms with Crippen LogP contribution in [0.2, 0.25) is 0 Å². The van der Waals surface area contributed by atoms with Gasteiger partial charge in [-0.3, -0.25) is 9.78 Å². The van der Waals surface area contributed by atoms with Crippen LogP contribution in [0.15, 0.2) is 60.8 Å². The summed E-state index contributed by atoms with van der Waals surface area (Å²) in [4.78, 5) is 28.6. The van der Waals surface area contributed by atoms with Crippen LogP contribution in [0.4, 0.5) is 0 Å². The Morgan fingerprint density at radius 3 is 2.62 bits per heavy atom. The molecule has 0 aliphatic heterocycles. The van der Waals surface area contributed by atoms with Crippen LogP contribution in [-0.4, -0.2) is 35.1 Å². The summed E-state index contributed by atoms with van der Waals surface area (Å²) in [5, 5.41) is 12.8. The molecule has 1 amide bonds. The molecule has 6 nitrogen and oxygen atoms in total. The van der Waals surface area contributed by atoms with E-state index in [-0.39, 0.29) is 6.42 Å². The molecule has 1 aromatic heterocycles. The van der Waals surface area contributed by atoms with Crippen molar-refractivity contribution in [3.63, 3.8) is 0 Å². The van der Waals surface area contributed by atoms with Gasteiger partial charge in [0.15, 0.2) is 0 Å². The second-order valence-corrected chi connectivity index (χ2v) is 5.76. The normalized spacial score (nSPS) is 11.7. The molecule has 0 saturated carbocycles. The molecule has 3 rings (SSSR count). The molecule has 26 heavy (non-hydrogen) atoms. The van der Waals surface area contributed by atoms with Gasteiger partial charge in [-0.05, 0) is 23.8 Å². The number of pyridine rings is 1. The number of para-hydroxylation sites is 2. The minimum atomic E-state index is -1.11. The molecule has 2 N–H and O–H groups in total. The molecule has 2 aromatic carbocycles. The zero-order chi connectivity index (χ0) is 18.5. The van der Waals surface area contributed by atoms with Gasteiger partial charge in [-0.25, -0.2) is 4.79 Å². The maximum Gasteiger partial charge on any atom is 0.326 e. The van der Waals surface area contributed by atoms with Gasteiger partial charge >= 0.3 is 5.97 Å². The quantitative estimate of drug-likeness (QED) is 0.713. The summed E-state index contributed by atoms with van der Waals surface area (Å²) in [6.45, 7) is 0. The van der Waals surface area contributed by atoms with E-state index >= 15 is 0 Å². The minimum absolute atomic E-state index is 0.119. The van der Waals surface area contributed by atoms with Gasteiger partial charge in [0.1, 0.15) is 11.8 Å². The number of benzene rings is 2. The number of hydrogen-bond donors (Lipinski definition) is 2. The fourth-order valence-corrected chi connectivity index (χ4v) is 2.82. The molecule has 6 heteroatoms. The Morgan fingerprint density at radius 2 is 1.85 bits per heavy atom. The summed E-state index contributed by atoms with van der Waals surface area (Å²) in [7, 11) is 1.52. The lowest BCUT2D eigenvalue weighted by molar-refractivity contribution is -0.139. The van der Waals surface area contributed by atoms with Gasteiger partial charge in [0.2, 0.25) is 0 Å². The summed E-state index contributed by atoms with van der Waals surface area (Å²) in [6.07, 6.45) is 1.65. The Bertz CT molecular complexity index is 950. The standard InChI is InChI=1S/C20H18N2O4/c1-26-18-9-5-2-6-13(18)12-17(20(24)25)22-19(23)15-10-11-21-16-8-4-3-7-14(15)16/h2-11,17H,12H2,1H3,(H,22,23)(H,24,25)/t17-/m1/s1. The Balaban J connectivity index is 1.86. The van der Waals surface area contributed by atoms with Gasteiger partial charge in [0.05, 0.1) is 18.2 Å². The number of aliphatic carboxylic acids is 1. The summed E-state index contributed by atoms with van der Waals surface area (Å²) in [6, 6.07) is 14.9. The molecule has 0 fully saturated rings. The maximum atomic E-state index is 12.7. The number of carbonyl (C=O) groups is 2. The number of nitrogens with zero attached hydrogens (tertiary/aromatic N) is 1. The van der Waals surface area contributed by atoms with E-state index in [2.05, 4.69) is 10.3 Å². The third-order valence-electron chi connectivity index (χ3n) is 4.11. The topological polar surface area (TPSA) is 88.5 Å². The van der Waals surface area contributed by atoms with Crippen LogP contribution in [0, 0.1) is 0 Å². The minimum Gasteiger partial charge on any atom is -0.496 e. The summed E-state index contributed by atoms with van der Waals surface area (Å²) in [5.41, 5.74) is 1.78. The lowest BCUT2D eigenvalue weighted by Gasteiger charge is -2.17. The lowest BCUT2D eigenvalue weighted by Crippen LogP contribution is -2.42. The predicted molar refractivity (Wildman–Crippen MR) is 97.3 cm³/mol. The van der Waals surface area contributed by atoms with Gasteiger partial charge in [0, 0.05) is 18.0 Å². The Morgan fingerprint density at radius 1 is 1.12 bits per heavy atom. The summed E-state index contributed by atoms with van der Waals surface area (Å²) in [5.74, 6) is -0.976. The second-order valence-electron chi connectivity index (χ2n) is 5.76. The number of rotatable bonds is 6. The molecule has 0 aliphatic rings. The Hall–Kier alpha value is -3.41. The van der Waals surface area contributed by atoms with Crippen molar-refractivity contribution < 1.29 is 19.4 Å². The van der Waals surface area contributed by atoms with E-state index in [1.54, 1.807) is 42.5 Å². The van der Waals surface area contributed by atoms with Gasteiger partial charge in [-0.1, -0.05) is 36.4 Å². The SMILES string of the molecule is COc1ccccc1C[C@@H](NC(=O)c1ccnc2ccccc12)C(=O)O. The van der Waals surface area contributed by atoms with E-state index < -0.39 is 17.9 Å². The van der Waals surface area contributed by atoms with Crippen molar-refractivity contribution in [3.05, 3.63) is 71.9 Å². The largest absolute Gasteiger partial charge is 0.496 e. The molecule has 0 spiro atoms. The highest BCUT2D eigenvalue weighted by Crippen LogP contribution is 2.20. The van der Waals surface area contributed by atoms with Crippen LogP contribution in [0.1, 0.15) is 15.9 Å². The molecule has 132 valence electrons. The first kappa shape index (κ1) is 17.4. The Kier molecular flexibility index (Phi) is 5.12. The highest BCUT2D eigenvalue weighted by Gasteiger charge is 2.23. The van der Waals surface area contributed by atoms with Gasteiger partial charge < -0.3 is 15.2 Å². The van der Waals surface area contributed by atoms with E-state index in [9.17, 15) is 14.7 Å². The van der Waals surface area contributed by atoms with Crippen LogP contribution in [0.3, 0.4) is 0 Å². The number of carbonyl (C=O) groups excluding carboxylic acids is 1. The van der Waals surface area contributed by atoms with Crippen LogP contribution in [0.25, 0.3) is 10.9 Å². The highest BCUT2D eigenvalue weighted by molar-refractivity contribution is 6.06. The number of fused-ring (bicyclic) bond motifs is 1. The first-order chi connectivity index (χ1) is 12.6. The number of methoxy groups -OCH3 is 1. The number of aromatic nitrogens is 1. The van der Waals surface area contributed by atoms with Crippen LogP contribution in [0.5, 0.6) is 5.75 Å². The van der Waals surface area contributed by atoms with Gasteiger partial charge in [-0.2, -0.15) is 0 Å². The first-order valence-electron chi connectivity index (χ1n) is 8.09.